The van der Waals surface area contributed by atoms with Gasteiger partial charge in [0.1, 0.15) is 18.3 Å². The van der Waals surface area contributed by atoms with E-state index < -0.39 is 37.0 Å². The lowest BCUT2D eigenvalue weighted by molar-refractivity contribution is -0.134. The molecular weight excluding hydrogens is 234 g/mol. The topological polar surface area (TPSA) is 150 Å². The maximum Gasteiger partial charge on any atom is 0.300 e. The van der Waals surface area contributed by atoms with Crippen LogP contribution in [0.1, 0.15) is 6.92 Å². The molecule has 0 saturated carbocycles. The standard InChI is InChI=1S/C7H17NO5.C2H4O2/c1-8-2-4(10)6(12)7(13)5(11)3-9;1-2(3)4/h4-13H,2-3H2,1H3;1H3,(H,3,4). The fraction of sp³-hybridized carbons (Fsp3) is 0.889. The smallest absolute Gasteiger partial charge is 0.300 e. The van der Waals surface area contributed by atoms with E-state index in [9.17, 15) is 5.11 Å². The molecule has 0 aliphatic rings. The second-order valence-electron chi connectivity index (χ2n) is 3.38. The van der Waals surface area contributed by atoms with Gasteiger partial charge in [0, 0.05) is 13.5 Å². The van der Waals surface area contributed by atoms with Crippen molar-refractivity contribution in [2.24, 2.45) is 0 Å². The molecule has 0 aromatic carbocycles. The van der Waals surface area contributed by atoms with Crippen molar-refractivity contribution in [3.8, 4) is 0 Å². The number of aliphatic hydroxyl groups is 5. The highest BCUT2D eigenvalue weighted by molar-refractivity contribution is 5.62. The average Bonchev–Trinajstić information content (AvgIpc) is 2.25. The zero-order valence-corrected chi connectivity index (χ0v) is 9.82. The minimum absolute atomic E-state index is 0.0936. The number of rotatable bonds is 6. The van der Waals surface area contributed by atoms with Crippen LogP contribution in [-0.4, -0.2) is 81.2 Å². The van der Waals surface area contributed by atoms with Crippen molar-refractivity contribution < 1.29 is 35.4 Å². The Morgan fingerprint density at radius 3 is 1.76 bits per heavy atom. The van der Waals surface area contributed by atoms with Gasteiger partial charge in [-0.1, -0.05) is 0 Å². The van der Waals surface area contributed by atoms with Crippen molar-refractivity contribution >= 4 is 5.97 Å². The maximum atomic E-state index is 9.21. The van der Waals surface area contributed by atoms with Crippen LogP contribution < -0.4 is 5.32 Å². The van der Waals surface area contributed by atoms with Gasteiger partial charge in [-0.2, -0.15) is 0 Å². The van der Waals surface area contributed by atoms with E-state index in [1.165, 1.54) is 0 Å². The first-order valence-corrected chi connectivity index (χ1v) is 4.95. The van der Waals surface area contributed by atoms with E-state index in [1.807, 2.05) is 0 Å². The minimum atomic E-state index is -1.55. The maximum absolute atomic E-state index is 9.21. The van der Waals surface area contributed by atoms with E-state index >= 15 is 0 Å². The summed E-state index contributed by atoms with van der Waals surface area (Å²) in [6.45, 7) is 0.515. The van der Waals surface area contributed by atoms with Gasteiger partial charge in [0.25, 0.3) is 5.97 Å². The zero-order valence-electron chi connectivity index (χ0n) is 9.82. The molecule has 0 heterocycles. The zero-order chi connectivity index (χ0) is 14.0. The molecule has 0 aromatic heterocycles. The van der Waals surface area contributed by atoms with Crippen LogP contribution in [0.4, 0.5) is 0 Å². The molecule has 0 rings (SSSR count). The Labute approximate surface area is 99.1 Å². The van der Waals surface area contributed by atoms with Crippen molar-refractivity contribution in [2.45, 2.75) is 31.3 Å². The first kappa shape index (κ1) is 18.6. The Morgan fingerprint density at radius 2 is 1.47 bits per heavy atom. The number of hydrogen-bond donors (Lipinski definition) is 7. The third-order valence-electron chi connectivity index (χ3n) is 1.74. The van der Waals surface area contributed by atoms with Crippen LogP contribution in [0.2, 0.25) is 0 Å². The van der Waals surface area contributed by atoms with Gasteiger partial charge in [0.05, 0.1) is 12.7 Å². The lowest BCUT2D eigenvalue weighted by atomic mass is 10.0. The lowest BCUT2D eigenvalue weighted by Crippen LogP contribution is -2.48. The largest absolute Gasteiger partial charge is 0.481 e. The van der Waals surface area contributed by atoms with Crippen molar-refractivity contribution in [1.29, 1.82) is 0 Å². The van der Waals surface area contributed by atoms with Crippen LogP contribution >= 0.6 is 0 Å². The van der Waals surface area contributed by atoms with Crippen LogP contribution in [0.25, 0.3) is 0 Å². The molecule has 0 bridgehead atoms. The average molecular weight is 255 g/mol. The lowest BCUT2D eigenvalue weighted by Gasteiger charge is -2.25. The summed E-state index contributed by atoms with van der Waals surface area (Å²) in [4.78, 5) is 9.00. The molecule has 0 saturated heterocycles. The Balaban J connectivity index is 0. The predicted octanol–water partition coefficient (Wildman–Crippen LogP) is -3.27. The summed E-state index contributed by atoms with van der Waals surface area (Å²) >= 11 is 0. The van der Waals surface area contributed by atoms with Gasteiger partial charge in [-0.15, -0.1) is 0 Å². The highest BCUT2D eigenvalue weighted by Crippen LogP contribution is 2.04. The summed E-state index contributed by atoms with van der Waals surface area (Å²) in [6, 6.07) is 0. The van der Waals surface area contributed by atoms with E-state index in [0.717, 1.165) is 6.92 Å². The highest BCUT2D eigenvalue weighted by Gasteiger charge is 2.29. The number of carboxylic acids is 1. The normalized spacial score (nSPS) is 17.4. The number of hydrogen-bond acceptors (Lipinski definition) is 7. The van der Waals surface area contributed by atoms with Gasteiger partial charge in [0.15, 0.2) is 0 Å². The van der Waals surface area contributed by atoms with Crippen molar-refractivity contribution in [3.63, 3.8) is 0 Å². The molecule has 104 valence electrons. The van der Waals surface area contributed by atoms with Crippen molar-refractivity contribution in [1.82, 2.24) is 5.32 Å². The fourth-order valence-corrected chi connectivity index (χ4v) is 0.893. The number of aliphatic hydroxyl groups excluding tert-OH is 5. The van der Waals surface area contributed by atoms with Crippen LogP contribution in [0.5, 0.6) is 0 Å². The van der Waals surface area contributed by atoms with Crippen LogP contribution in [0.3, 0.4) is 0 Å². The quantitative estimate of drug-likeness (QED) is 0.261. The second kappa shape index (κ2) is 10.4. The monoisotopic (exact) mass is 255 g/mol. The summed E-state index contributed by atoms with van der Waals surface area (Å²) in [6.07, 6.45) is -5.65. The first-order chi connectivity index (χ1) is 7.77. The van der Waals surface area contributed by atoms with E-state index in [1.54, 1.807) is 7.05 Å². The Kier molecular flexibility index (Phi) is 11.4. The SMILES string of the molecule is CC(=O)O.CNCC(O)C(O)C(O)C(O)CO. The van der Waals surface area contributed by atoms with Gasteiger partial charge < -0.3 is 36.0 Å². The summed E-state index contributed by atoms with van der Waals surface area (Å²) < 4.78 is 0. The number of likely N-dealkylation sites (N-methyl/N-ethyl adjacent to an activating group) is 1. The number of aliphatic carboxylic acids is 1. The number of carboxylic acid groups (broad SMARTS) is 1. The molecule has 4 atom stereocenters. The molecule has 17 heavy (non-hydrogen) atoms. The Bertz CT molecular complexity index is 198. The summed E-state index contributed by atoms with van der Waals surface area (Å²) in [7, 11) is 1.57. The molecule has 0 aliphatic carbocycles. The molecule has 8 nitrogen and oxygen atoms in total. The third kappa shape index (κ3) is 10.1. The molecule has 4 unspecified atom stereocenters. The summed E-state index contributed by atoms with van der Waals surface area (Å²) in [5, 5.41) is 54.9. The molecule has 0 aliphatic heterocycles. The van der Waals surface area contributed by atoms with E-state index in [0.29, 0.717) is 0 Å². The molecule has 0 radical (unpaired) electrons. The van der Waals surface area contributed by atoms with E-state index in [-0.39, 0.29) is 6.54 Å². The van der Waals surface area contributed by atoms with Crippen LogP contribution in [0, 0.1) is 0 Å². The van der Waals surface area contributed by atoms with Crippen LogP contribution in [0.15, 0.2) is 0 Å². The molecule has 0 spiro atoms. The number of nitrogens with one attached hydrogen (secondary N) is 1. The Hall–Kier alpha value is -0.770. The summed E-state index contributed by atoms with van der Waals surface area (Å²) in [5.41, 5.74) is 0. The molecule has 0 fully saturated rings. The molecule has 0 aromatic rings. The molecular formula is C9H21NO7. The van der Waals surface area contributed by atoms with Gasteiger partial charge >= 0.3 is 0 Å². The van der Waals surface area contributed by atoms with Gasteiger partial charge in [0.2, 0.25) is 0 Å². The fourth-order valence-electron chi connectivity index (χ4n) is 0.893. The molecule has 8 heteroatoms. The predicted molar refractivity (Wildman–Crippen MR) is 58.3 cm³/mol. The van der Waals surface area contributed by atoms with Crippen molar-refractivity contribution in [3.05, 3.63) is 0 Å². The van der Waals surface area contributed by atoms with Crippen LogP contribution in [-0.2, 0) is 4.79 Å². The van der Waals surface area contributed by atoms with Gasteiger partial charge in [-0.25, -0.2) is 0 Å². The minimum Gasteiger partial charge on any atom is -0.481 e. The summed E-state index contributed by atoms with van der Waals surface area (Å²) in [5.74, 6) is -0.833. The Morgan fingerprint density at radius 1 is 1.12 bits per heavy atom. The van der Waals surface area contributed by atoms with Gasteiger partial charge in [-0.3, -0.25) is 4.79 Å². The van der Waals surface area contributed by atoms with Crippen molar-refractivity contribution in [2.75, 3.05) is 20.2 Å². The number of carbonyl (C=O) groups is 1. The first-order valence-electron chi connectivity index (χ1n) is 4.95. The van der Waals surface area contributed by atoms with E-state index in [4.69, 9.17) is 30.3 Å². The third-order valence-corrected chi connectivity index (χ3v) is 1.74. The molecule has 7 N–H and O–H groups in total. The second-order valence-corrected chi connectivity index (χ2v) is 3.38. The van der Waals surface area contributed by atoms with Gasteiger partial charge in [-0.05, 0) is 7.05 Å². The van der Waals surface area contributed by atoms with E-state index in [2.05, 4.69) is 5.32 Å². The molecule has 0 amide bonds. The highest BCUT2D eigenvalue weighted by atomic mass is 16.4.